The summed E-state index contributed by atoms with van der Waals surface area (Å²) in [6.45, 7) is 1.71. The van der Waals surface area contributed by atoms with Crippen LogP contribution in [0, 0.1) is 10.1 Å². The summed E-state index contributed by atoms with van der Waals surface area (Å²) in [6, 6.07) is 9.52. The summed E-state index contributed by atoms with van der Waals surface area (Å²) in [6.07, 6.45) is 6.36. The number of nitro groups is 1. The van der Waals surface area contributed by atoms with E-state index in [-0.39, 0.29) is 11.6 Å². The van der Waals surface area contributed by atoms with Crippen molar-refractivity contribution < 1.29 is 9.72 Å². The summed E-state index contributed by atoms with van der Waals surface area (Å²) in [5, 5.41) is 14.7. The fourth-order valence-electron chi connectivity index (χ4n) is 1.70. The van der Waals surface area contributed by atoms with Crippen LogP contribution in [0.2, 0.25) is 0 Å². The van der Waals surface area contributed by atoms with E-state index < -0.39 is 4.92 Å². The minimum Gasteiger partial charge on any atom is -0.267 e. The van der Waals surface area contributed by atoms with E-state index in [1.807, 2.05) is 0 Å². The van der Waals surface area contributed by atoms with Gasteiger partial charge in [-0.3, -0.25) is 19.9 Å². The lowest BCUT2D eigenvalue weighted by molar-refractivity contribution is -0.384. The number of pyridine rings is 1. The van der Waals surface area contributed by atoms with Crippen LogP contribution in [0.5, 0.6) is 0 Å². The van der Waals surface area contributed by atoms with Gasteiger partial charge < -0.3 is 0 Å². The molecule has 0 aliphatic carbocycles. The number of nitro benzene ring substituents is 1. The first-order valence-corrected chi connectivity index (χ1v) is 6.73. The van der Waals surface area contributed by atoms with Crippen LogP contribution in [0.25, 0.3) is 6.08 Å². The maximum absolute atomic E-state index is 11.8. The van der Waals surface area contributed by atoms with Crippen molar-refractivity contribution in [2.75, 3.05) is 0 Å². The Balaban J connectivity index is 2.00. The van der Waals surface area contributed by atoms with E-state index in [0.717, 1.165) is 0 Å². The number of nitrogens with one attached hydrogen (secondary N) is 1. The van der Waals surface area contributed by atoms with E-state index in [9.17, 15) is 14.9 Å². The lowest BCUT2D eigenvalue weighted by Gasteiger charge is -1.99. The number of benzene rings is 1. The Morgan fingerprint density at radius 2 is 2.17 bits per heavy atom. The molecule has 23 heavy (non-hydrogen) atoms. The monoisotopic (exact) mass is 310 g/mol. The van der Waals surface area contributed by atoms with Gasteiger partial charge in [0.15, 0.2) is 0 Å². The molecule has 0 saturated heterocycles. The van der Waals surface area contributed by atoms with E-state index in [1.54, 1.807) is 49.5 Å². The summed E-state index contributed by atoms with van der Waals surface area (Å²) in [4.78, 5) is 25.9. The quantitative estimate of drug-likeness (QED) is 0.521. The fourth-order valence-corrected chi connectivity index (χ4v) is 1.70. The van der Waals surface area contributed by atoms with Crippen molar-refractivity contribution >= 4 is 23.4 Å². The second-order valence-corrected chi connectivity index (χ2v) is 4.62. The highest BCUT2D eigenvalue weighted by Gasteiger charge is 2.04. The van der Waals surface area contributed by atoms with Gasteiger partial charge in [0.1, 0.15) is 0 Å². The van der Waals surface area contributed by atoms with Crippen LogP contribution in [0.3, 0.4) is 0 Å². The maximum Gasteiger partial charge on any atom is 0.272 e. The van der Waals surface area contributed by atoms with Crippen molar-refractivity contribution in [2.45, 2.75) is 6.92 Å². The molecule has 0 aliphatic rings. The van der Waals surface area contributed by atoms with Crippen LogP contribution in [-0.2, 0) is 0 Å². The minimum absolute atomic E-state index is 0.0200. The molecule has 0 aliphatic heterocycles. The van der Waals surface area contributed by atoms with E-state index >= 15 is 0 Å². The first-order chi connectivity index (χ1) is 11.1. The van der Waals surface area contributed by atoms with Gasteiger partial charge in [0, 0.05) is 24.5 Å². The molecule has 0 atom stereocenters. The molecule has 0 saturated carbocycles. The average Bonchev–Trinajstić information content (AvgIpc) is 2.58. The van der Waals surface area contributed by atoms with Crippen LogP contribution in [-0.4, -0.2) is 21.5 Å². The summed E-state index contributed by atoms with van der Waals surface area (Å²) >= 11 is 0. The number of amides is 1. The van der Waals surface area contributed by atoms with Crippen molar-refractivity contribution in [2.24, 2.45) is 5.10 Å². The molecule has 1 aromatic carbocycles. The molecule has 7 heteroatoms. The highest BCUT2D eigenvalue weighted by molar-refractivity contribution is 5.99. The summed E-state index contributed by atoms with van der Waals surface area (Å²) in [5.41, 5.74) is 4.07. The van der Waals surface area contributed by atoms with Gasteiger partial charge in [0.25, 0.3) is 11.6 Å². The normalized spacial score (nSPS) is 11.4. The van der Waals surface area contributed by atoms with Crippen LogP contribution < -0.4 is 5.43 Å². The highest BCUT2D eigenvalue weighted by atomic mass is 16.6. The van der Waals surface area contributed by atoms with Crippen molar-refractivity contribution in [1.82, 2.24) is 10.4 Å². The largest absolute Gasteiger partial charge is 0.272 e. The van der Waals surface area contributed by atoms with Crippen LogP contribution in [0.4, 0.5) is 5.69 Å². The molecule has 1 amide bonds. The number of allylic oxidation sites excluding steroid dienone is 1. The third kappa shape index (κ3) is 4.85. The van der Waals surface area contributed by atoms with Gasteiger partial charge in [-0.15, -0.1) is 0 Å². The number of carbonyl (C=O) groups excluding carboxylic acids is 1. The van der Waals surface area contributed by atoms with Crippen molar-refractivity contribution in [3.05, 3.63) is 76.1 Å². The molecular weight excluding hydrogens is 296 g/mol. The second-order valence-electron chi connectivity index (χ2n) is 4.62. The Hall–Kier alpha value is -3.35. The molecule has 0 unspecified atom stereocenters. The number of carbonyl (C=O) groups is 1. The summed E-state index contributed by atoms with van der Waals surface area (Å²) in [5.74, 6) is -0.360. The number of hydrogen-bond donors (Lipinski definition) is 1. The van der Waals surface area contributed by atoms with E-state index in [4.69, 9.17) is 0 Å². The number of hydrazone groups is 1. The lowest BCUT2D eigenvalue weighted by atomic mass is 10.2. The average molecular weight is 310 g/mol. The maximum atomic E-state index is 11.8. The molecule has 0 spiro atoms. The first kappa shape index (κ1) is 16.0. The molecule has 0 bridgehead atoms. The molecule has 0 fully saturated rings. The van der Waals surface area contributed by atoms with Gasteiger partial charge in [-0.1, -0.05) is 18.2 Å². The Bertz CT molecular complexity index is 770. The number of rotatable bonds is 5. The van der Waals surface area contributed by atoms with Crippen LogP contribution in [0.15, 0.2) is 60.0 Å². The minimum atomic E-state index is -0.452. The van der Waals surface area contributed by atoms with E-state index in [0.29, 0.717) is 16.8 Å². The zero-order chi connectivity index (χ0) is 16.7. The molecular formula is C16H14N4O3. The zero-order valence-corrected chi connectivity index (χ0v) is 12.3. The van der Waals surface area contributed by atoms with E-state index in [2.05, 4.69) is 15.5 Å². The van der Waals surface area contributed by atoms with E-state index in [1.165, 1.54) is 18.3 Å². The summed E-state index contributed by atoms with van der Waals surface area (Å²) in [7, 11) is 0. The Kier molecular flexibility index (Phi) is 5.30. The van der Waals surface area contributed by atoms with Gasteiger partial charge in [0.05, 0.1) is 16.2 Å². The Morgan fingerprint density at radius 3 is 2.87 bits per heavy atom. The third-order valence-corrected chi connectivity index (χ3v) is 2.86. The topological polar surface area (TPSA) is 97.5 Å². The predicted octanol–water partition coefficient (Wildman–Crippen LogP) is 2.81. The number of non-ortho nitro benzene ring substituents is 1. The highest BCUT2D eigenvalue weighted by Crippen LogP contribution is 2.14. The van der Waals surface area contributed by atoms with Crippen LogP contribution >= 0.6 is 0 Å². The van der Waals surface area contributed by atoms with Gasteiger partial charge in [-0.05, 0) is 30.7 Å². The molecule has 116 valence electrons. The molecule has 1 aromatic heterocycles. The molecule has 7 nitrogen and oxygen atoms in total. The van der Waals surface area contributed by atoms with Crippen molar-refractivity contribution in [3.8, 4) is 0 Å². The molecule has 1 heterocycles. The van der Waals surface area contributed by atoms with Gasteiger partial charge in [-0.25, -0.2) is 5.43 Å². The zero-order valence-electron chi connectivity index (χ0n) is 12.3. The smallest absolute Gasteiger partial charge is 0.267 e. The molecule has 2 aromatic rings. The number of nitrogens with zero attached hydrogens (tertiary/aromatic N) is 3. The van der Waals surface area contributed by atoms with Crippen molar-refractivity contribution in [3.63, 3.8) is 0 Å². The molecule has 2 rings (SSSR count). The summed E-state index contributed by atoms with van der Waals surface area (Å²) < 4.78 is 0. The number of hydrogen-bond acceptors (Lipinski definition) is 5. The van der Waals surface area contributed by atoms with Gasteiger partial charge in [0.2, 0.25) is 0 Å². The SMILES string of the molecule is CC(/C=C\c1cccc([N+](=O)[O-])c1)=NNC(=O)c1cccnc1. The first-order valence-electron chi connectivity index (χ1n) is 6.73. The second kappa shape index (κ2) is 7.60. The van der Waals surface area contributed by atoms with Crippen molar-refractivity contribution in [1.29, 1.82) is 0 Å². The Morgan fingerprint density at radius 1 is 1.35 bits per heavy atom. The van der Waals surface area contributed by atoms with Crippen LogP contribution in [0.1, 0.15) is 22.8 Å². The third-order valence-electron chi connectivity index (χ3n) is 2.86. The predicted molar refractivity (Wildman–Crippen MR) is 86.9 cm³/mol. The number of aromatic nitrogens is 1. The fraction of sp³-hybridized carbons (Fsp3) is 0.0625. The van der Waals surface area contributed by atoms with Gasteiger partial charge >= 0.3 is 0 Å². The lowest BCUT2D eigenvalue weighted by Crippen LogP contribution is -2.18. The molecule has 1 N–H and O–H groups in total. The van der Waals surface area contributed by atoms with Gasteiger partial charge in [-0.2, -0.15) is 5.10 Å². The standard InChI is InChI=1S/C16H14N4O3/c1-12(18-19-16(21)14-5-3-9-17-11-14)7-8-13-4-2-6-15(10-13)20(22)23/h2-11H,1H3,(H,19,21)/b8-7-,18-12?. The molecule has 0 radical (unpaired) electrons. The Labute approximate surface area is 132 Å².